The minimum absolute atomic E-state index is 0.210. The summed E-state index contributed by atoms with van der Waals surface area (Å²) in [5.74, 6) is 0.794. The van der Waals surface area contributed by atoms with E-state index < -0.39 is 36.6 Å². The van der Waals surface area contributed by atoms with Crippen LogP contribution in [-0.4, -0.2) is 49.3 Å². The smallest absolute Gasteiger partial charge is 0.118 e. The number of aliphatic hydroxyl groups excluding tert-OH is 1. The van der Waals surface area contributed by atoms with Crippen molar-refractivity contribution < 1.29 is 33.5 Å². The second-order valence-electron chi connectivity index (χ2n) is 14.1. The van der Waals surface area contributed by atoms with Gasteiger partial charge in [-0.3, -0.25) is 0 Å². The molecule has 1 heterocycles. The zero-order valence-electron chi connectivity index (χ0n) is 31.8. The van der Waals surface area contributed by atoms with Gasteiger partial charge in [0, 0.05) is 0 Å². The second kappa shape index (κ2) is 20.2. The molecule has 1 saturated heterocycles. The fourth-order valence-corrected chi connectivity index (χ4v) is 7.20. The molecule has 0 aromatic heterocycles. The molecule has 1 unspecified atom stereocenters. The maximum atomic E-state index is 12.6. The van der Waals surface area contributed by atoms with Crippen LogP contribution in [0.2, 0.25) is 0 Å². The molecule has 56 heavy (non-hydrogen) atoms. The van der Waals surface area contributed by atoms with Gasteiger partial charge in [0.1, 0.15) is 42.4 Å². The summed E-state index contributed by atoms with van der Waals surface area (Å²) in [7, 11) is 1.66. The SMILES string of the molecule is COc1ccc(Cc2ccccc2C(O)[C@@H]2O[C@H](COCc3ccccc3)[C@@H](OCc3ccccc3)[C@H](OCc3ccccc3)[C@H]2OCc2ccccc2)cc1. The normalized spacial score (nSPS) is 20.0. The van der Waals surface area contributed by atoms with Crippen molar-refractivity contribution in [2.75, 3.05) is 13.7 Å². The van der Waals surface area contributed by atoms with Crippen molar-refractivity contribution in [2.24, 2.45) is 0 Å². The van der Waals surface area contributed by atoms with Gasteiger partial charge in [-0.15, -0.1) is 0 Å². The van der Waals surface area contributed by atoms with Gasteiger partial charge in [-0.05, 0) is 57.5 Å². The van der Waals surface area contributed by atoms with Gasteiger partial charge < -0.3 is 33.5 Å². The molecular formula is C49H50O7. The van der Waals surface area contributed by atoms with Crippen LogP contribution in [-0.2, 0) is 56.5 Å². The third-order valence-electron chi connectivity index (χ3n) is 10.2. The minimum atomic E-state index is -1.07. The minimum Gasteiger partial charge on any atom is -0.497 e. The summed E-state index contributed by atoms with van der Waals surface area (Å²) >= 11 is 0. The van der Waals surface area contributed by atoms with E-state index in [1.54, 1.807) is 7.11 Å². The summed E-state index contributed by atoms with van der Waals surface area (Å²) < 4.78 is 39.4. The fraction of sp³-hybridized carbons (Fsp3) is 0.265. The van der Waals surface area contributed by atoms with E-state index in [1.165, 1.54) is 0 Å². The van der Waals surface area contributed by atoms with E-state index in [0.29, 0.717) is 26.2 Å². The molecule has 7 heteroatoms. The maximum Gasteiger partial charge on any atom is 0.118 e. The van der Waals surface area contributed by atoms with E-state index in [9.17, 15) is 5.11 Å². The largest absolute Gasteiger partial charge is 0.497 e. The Morgan fingerprint density at radius 3 is 1.50 bits per heavy atom. The first-order valence-corrected chi connectivity index (χ1v) is 19.3. The molecule has 1 aliphatic rings. The summed E-state index contributed by atoms with van der Waals surface area (Å²) in [4.78, 5) is 0. The Hall–Kier alpha value is -5.12. The number of benzene rings is 6. The van der Waals surface area contributed by atoms with E-state index in [4.69, 9.17) is 28.4 Å². The highest BCUT2D eigenvalue weighted by molar-refractivity contribution is 5.37. The van der Waals surface area contributed by atoms with Crippen molar-refractivity contribution in [1.29, 1.82) is 0 Å². The van der Waals surface area contributed by atoms with Crippen LogP contribution < -0.4 is 4.74 Å². The van der Waals surface area contributed by atoms with Gasteiger partial charge >= 0.3 is 0 Å². The van der Waals surface area contributed by atoms with Crippen LogP contribution >= 0.6 is 0 Å². The lowest BCUT2D eigenvalue weighted by Gasteiger charge is -2.47. The van der Waals surface area contributed by atoms with Crippen LogP contribution in [0.25, 0.3) is 0 Å². The van der Waals surface area contributed by atoms with Gasteiger partial charge in [-0.2, -0.15) is 0 Å². The van der Waals surface area contributed by atoms with Crippen LogP contribution in [0.5, 0.6) is 5.75 Å². The zero-order valence-corrected chi connectivity index (χ0v) is 31.8. The van der Waals surface area contributed by atoms with Gasteiger partial charge in [0.25, 0.3) is 0 Å². The lowest BCUT2D eigenvalue weighted by Crippen LogP contribution is -2.62. The van der Waals surface area contributed by atoms with Crippen LogP contribution in [0.1, 0.15) is 45.0 Å². The number of hydrogen-bond donors (Lipinski definition) is 1. The lowest BCUT2D eigenvalue weighted by atomic mass is 9.86. The Kier molecular flexibility index (Phi) is 14.1. The molecular weight excluding hydrogens is 701 g/mol. The maximum absolute atomic E-state index is 12.6. The Bertz CT molecular complexity index is 2010. The van der Waals surface area contributed by atoms with Crippen molar-refractivity contribution in [1.82, 2.24) is 0 Å². The lowest BCUT2D eigenvalue weighted by molar-refractivity contribution is -0.287. The molecule has 6 atom stereocenters. The molecule has 0 saturated carbocycles. The zero-order chi connectivity index (χ0) is 38.4. The van der Waals surface area contributed by atoms with E-state index >= 15 is 0 Å². The standard InChI is InChI=1S/C49H50O7/c1-51-42-28-26-36(27-29-42)30-41-24-14-15-25-43(41)45(50)47-49(55-34-40-22-12-5-13-23-40)48(54-33-39-20-10-4-11-21-39)46(53-32-38-18-8-3-9-19-38)44(56-47)35-52-31-37-16-6-2-7-17-37/h2-29,44-50H,30-35H2,1H3/t44-,45?,46-,47+,48+,49+/m1/s1. The predicted molar refractivity (Wildman–Crippen MR) is 217 cm³/mol. The van der Waals surface area contributed by atoms with Crippen molar-refractivity contribution in [3.05, 3.63) is 209 Å². The monoisotopic (exact) mass is 750 g/mol. The molecule has 6 aromatic carbocycles. The van der Waals surface area contributed by atoms with Crippen molar-refractivity contribution >= 4 is 0 Å². The molecule has 1 N–H and O–H groups in total. The topological polar surface area (TPSA) is 75.6 Å². The number of aliphatic hydroxyl groups is 1. The Morgan fingerprint density at radius 1 is 0.500 bits per heavy atom. The summed E-state index contributed by atoms with van der Waals surface area (Å²) in [6.07, 6.45) is -3.87. The van der Waals surface area contributed by atoms with Gasteiger partial charge in [0.15, 0.2) is 0 Å². The van der Waals surface area contributed by atoms with Gasteiger partial charge in [-0.25, -0.2) is 0 Å². The summed E-state index contributed by atoms with van der Waals surface area (Å²) in [6, 6.07) is 56.2. The molecule has 6 aromatic rings. The van der Waals surface area contributed by atoms with Crippen molar-refractivity contribution in [3.63, 3.8) is 0 Å². The molecule has 0 radical (unpaired) electrons. The molecule has 0 aliphatic carbocycles. The van der Waals surface area contributed by atoms with Gasteiger partial charge in [-0.1, -0.05) is 158 Å². The summed E-state index contributed by atoms with van der Waals surface area (Å²) in [6.45, 7) is 1.54. The van der Waals surface area contributed by atoms with Crippen LogP contribution in [0.15, 0.2) is 170 Å². The Balaban J connectivity index is 1.25. The highest BCUT2D eigenvalue weighted by Gasteiger charge is 2.51. The second-order valence-corrected chi connectivity index (χ2v) is 14.1. The number of hydrogen-bond acceptors (Lipinski definition) is 7. The molecule has 288 valence electrons. The molecule has 0 bridgehead atoms. The third-order valence-corrected chi connectivity index (χ3v) is 10.2. The predicted octanol–water partition coefficient (Wildman–Crippen LogP) is 9.06. The quantitative estimate of drug-likeness (QED) is 0.0940. The van der Waals surface area contributed by atoms with E-state index in [2.05, 4.69) is 6.07 Å². The first-order chi connectivity index (χ1) is 27.6. The molecule has 1 fully saturated rings. The molecule has 0 spiro atoms. The van der Waals surface area contributed by atoms with Crippen LogP contribution in [0.4, 0.5) is 0 Å². The highest BCUT2D eigenvalue weighted by Crippen LogP contribution is 2.37. The van der Waals surface area contributed by atoms with E-state index in [-0.39, 0.29) is 13.2 Å². The molecule has 7 rings (SSSR count). The van der Waals surface area contributed by atoms with Gasteiger partial charge in [0.2, 0.25) is 0 Å². The van der Waals surface area contributed by atoms with Crippen molar-refractivity contribution in [3.8, 4) is 5.75 Å². The first kappa shape index (κ1) is 39.1. The highest BCUT2D eigenvalue weighted by atomic mass is 16.6. The van der Waals surface area contributed by atoms with Crippen molar-refractivity contribution in [2.45, 2.75) is 69.5 Å². The van der Waals surface area contributed by atoms with Gasteiger partial charge in [0.05, 0.1) is 40.1 Å². The third kappa shape index (κ3) is 10.6. The molecule has 7 nitrogen and oxygen atoms in total. The molecule has 1 aliphatic heterocycles. The van der Waals surface area contributed by atoms with E-state index in [0.717, 1.165) is 44.7 Å². The van der Waals surface area contributed by atoms with E-state index in [1.807, 2.05) is 164 Å². The Labute approximate surface area is 330 Å². The Morgan fingerprint density at radius 2 is 0.964 bits per heavy atom. The fourth-order valence-electron chi connectivity index (χ4n) is 7.20. The van der Waals surface area contributed by atoms with Crippen LogP contribution in [0, 0.1) is 0 Å². The summed E-state index contributed by atoms with van der Waals surface area (Å²) in [5, 5.41) is 12.6. The van der Waals surface area contributed by atoms with Crippen LogP contribution in [0.3, 0.4) is 0 Å². The average Bonchev–Trinajstić information content (AvgIpc) is 3.26. The summed E-state index contributed by atoms with van der Waals surface area (Å²) in [5.41, 5.74) is 6.92. The number of ether oxygens (including phenoxy) is 6. The number of rotatable bonds is 18. The average molecular weight is 751 g/mol. The number of methoxy groups -OCH3 is 1. The molecule has 0 amide bonds. The first-order valence-electron chi connectivity index (χ1n) is 19.3.